The second-order valence-electron chi connectivity index (χ2n) is 2.51. The Bertz CT molecular complexity index is 178. The lowest BCUT2D eigenvalue weighted by Crippen LogP contribution is -2.28. The topological polar surface area (TPSA) is 66.4 Å². The molecule has 2 N–H and O–H groups in total. The molecule has 0 bridgehead atoms. The zero-order valence-electron chi connectivity index (χ0n) is 5.63. The molecule has 0 aromatic heterocycles. The van der Waals surface area contributed by atoms with Crippen molar-refractivity contribution in [1.82, 2.24) is 5.32 Å². The maximum absolute atomic E-state index is 10.6. The van der Waals surface area contributed by atoms with Crippen molar-refractivity contribution in [3.63, 3.8) is 0 Å². The molecule has 56 valence electrons. The van der Waals surface area contributed by atoms with Gasteiger partial charge in [0.2, 0.25) is 5.91 Å². The van der Waals surface area contributed by atoms with Crippen molar-refractivity contribution in [2.45, 2.75) is 19.4 Å². The van der Waals surface area contributed by atoms with E-state index in [-0.39, 0.29) is 18.4 Å². The van der Waals surface area contributed by atoms with Crippen molar-refractivity contribution in [2.24, 2.45) is 5.92 Å². The molecule has 1 heterocycles. The average Bonchev–Trinajstić information content (AvgIpc) is 2.10. The Hall–Kier alpha value is -1.06. The Kier molecular flexibility index (Phi) is 1.61. The van der Waals surface area contributed by atoms with E-state index in [1.165, 1.54) is 0 Å². The van der Waals surface area contributed by atoms with Crippen LogP contribution in [0.25, 0.3) is 0 Å². The Labute approximate surface area is 58.2 Å². The van der Waals surface area contributed by atoms with Crippen LogP contribution in [0.5, 0.6) is 0 Å². The summed E-state index contributed by atoms with van der Waals surface area (Å²) < 4.78 is 0. The zero-order chi connectivity index (χ0) is 7.72. The smallest absolute Gasteiger partial charge is 0.309 e. The van der Waals surface area contributed by atoms with E-state index in [2.05, 4.69) is 5.32 Å². The number of carboxylic acid groups (broad SMARTS) is 1. The summed E-state index contributed by atoms with van der Waals surface area (Å²) in [5.74, 6) is -1.60. The average molecular weight is 143 g/mol. The van der Waals surface area contributed by atoms with Gasteiger partial charge < -0.3 is 10.4 Å². The number of carbonyl (C=O) groups excluding carboxylic acids is 1. The Balaban J connectivity index is 2.63. The molecule has 0 aliphatic carbocycles. The first kappa shape index (κ1) is 7.05. The molecule has 4 heteroatoms. The highest BCUT2D eigenvalue weighted by Gasteiger charge is 2.34. The summed E-state index contributed by atoms with van der Waals surface area (Å²) in [5.41, 5.74) is 0. The number of hydrogen-bond donors (Lipinski definition) is 2. The van der Waals surface area contributed by atoms with Crippen molar-refractivity contribution in [1.29, 1.82) is 0 Å². The monoisotopic (exact) mass is 143 g/mol. The Morgan fingerprint density at radius 2 is 2.40 bits per heavy atom. The molecule has 0 unspecified atom stereocenters. The molecule has 1 amide bonds. The van der Waals surface area contributed by atoms with Crippen molar-refractivity contribution in [3.8, 4) is 0 Å². The number of aliphatic carboxylic acids is 1. The van der Waals surface area contributed by atoms with Gasteiger partial charge in [-0.2, -0.15) is 0 Å². The van der Waals surface area contributed by atoms with E-state index in [0.29, 0.717) is 0 Å². The number of rotatable bonds is 1. The van der Waals surface area contributed by atoms with Gasteiger partial charge in [0.1, 0.15) is 0 Å². The van der Waals surface area contributed by atoms with Crippen LogP contribution in [-0.2, 0) is 9.59 Å². The second-order valence-corrected chi connectivity index (χ2v) is 2.51. The lowest BCUT2D eigenvalue weighted by atomic mass is 10.0. The first-order valence-corrected chi connectivity index (χ1v) is 3.13. The van der Waals surface area contributed by atoms with Crippen molar-refractivity contribution in [2.75, 3.05) is 0 Å². The molecule has 10 heavy (non-hydrogen) atoms. The summed E-state index contributed by atoms with van der Waals surface area (Å²) in [6.45, 7) is 1.70. The third-order valence-corrected chi connectivity index (χ3v) is 1.71. The van der Waals surface area contributed by atoms with Gasteiger partial charge in [-0.05, 0) is 6.92 Å². The van der Waals surface area contributed by atoms with Crippen LogP contribution >= 0.6 is 0 Å². The van der Waals surface area contributed by atoms with E-state index in [1.54, 1.807) is 6.92 Å². The van der Waals surface area contributed by atoms with Gasteiger partial charge in [0.05, 0.1) is 5.92 Å². The Morgan fingerprint density at radius 1 is 1.80 bits per heavy atom. The van der Waals surface area contributed by atoms with Crippen LogP contribution in [0.15, 0.2) is 0 Å². The summed E-state index contributed by atoms with van der Waals surface area (Å²) >= 11 is 0. The van der Waals surface area contributed by atoms with Crippen LogP contribution < -0.4 is 5.32 Å². The van der Waals surface area contributed by atoms with Crippen LogP contribution in [0, 0.1) is 5.92 Å². The highest BCUT2D eigenvalue weighted by atomic mass is 16.4. The summed E-state index contributed by atoms with van der Waals surface area (Å²) in [7, 11) is 0. The van der Waals surface area contributed by atoms with Crippen LogP contribution in [-0.4, -0.2) is 23.0 Å². The maximum atomic E-state index is 10.6. The molecule has 1 aliphatic heterocycles. The summed E-state index contributed by atoms with van der Waals surface area (Å²) in [5, 5.41) is 11.0. The molecule has 2 atom stereocenters. The fourth-order valence-corrected chi connectivity index (χ4v) is 1.09. The minimum atomic E-state index is -0.897. The molecule has 1 rings (SSSR count). The lowest BCUT2D eigenvalue weighted by molar-refractivity contribution is -0.142. The van der Waals surface area contributed by atoms with Crippen LogP contribution in [0.1, 0.15) is 13.3 Å². The third kappa shape index (κ3) is 1.10. The molecule has 4 nitrogen and oxygen atoms in total. The van der Waals surface area contributed by atoms with Gasteiger partial charge in [0, 0.05) is 12.5 Å². The van der Waals surface area contributed by atoms with Gasteiger partial charge in [-0.25, -0.2) is 0 Å². The van der Waals surface area contributed by atoms with Gasteiger partial charge in [-0.1, -0.05) is 0 Å². The van der Waals surface area contributed by atoms with Gasteiger partial charge in [0.15, 0.2) is 0 Å². The summed E-state index contributed by atoms with van der Waals surface area (Å²) in [6.07, 6.45) is 0.122. The largest absolute Gasteiger partial charge is 0.481 e. The standard InChI is InChI=1S/C6H9NO3/c1-3-4(6(9)10)2-5(8)7-3/h3-4H,2H2,1H3,(H,7,8)(H,9,10)/t3-,4-/m1/s1. The van der Waals surface area contributed by atoms with E-state index in [1.807, 2.05) is 0 Å². The number of carbonyl (C=O) groups is 2. The highest BCUT2D eigenvalue weighted by molar-refractivity contribution is 5.86. The molecule has 0 saturated carbocycles. The summed E-state index contributed by atoms with van der Waals surface area (Å²) in [6, 6.07) is -0.218. The molecular formula is C6H9NO3. The molecule has 0 aromatic carbocycles. The number of carboxylic acids is 1. The third-order valence-electron chi connectivity index (χ3n) is 1.71. The van der Waals surface area contributed by atoms with E-state index < -0.39 is 11.9 Å². The predicted octanol–water partition coefficient (Wildman–Crippen LogP) is -0.404. The minimum absolute atomic E-state index is 0.122. The van der Waals surface area contributed by atoms with Gasteiger partial charge in [0.25, 0.3) is 0 Å². The SMILES string of the molecule is C[C@H]1NC(=O)C[C@H]1C(=O)O. The fourth-order valence-electron chi connectivity index (χ4n) is 1.09. The number of nitrogens with one attached hydrogen (secondary N) is 1. The molecule has 1 fully saturated rings. The van der Waals surface area contributed by atoms with E-state index >= 15 is 0 Å². The molecule has 1 aliphatic rings. The van der Waals surface area contributed by atoms with Crippen LogP contribution in [0.3, 0.4) is 0 Å². The highest BCUT2D eigenvalue weighted by Crippen LogP contribution is 2.15. The molecule has 0 spiro atoms. The maximum Gasteiger partial charge on any atom is 0.309 e. The second kappa shape index (κ2) is 2.28. The molecule has 0 aromatic rings. The Morgan fingerprint density at radius 3 is 2.60 bits per heavy atom. The first-order chi connectivity index (χ1) is 4.61. The van der Waals surface area contributed by atoms with E-state index in [0.717, 1.165) is 0 Å². The van der Waals surface area contributed by atoms with Gasteiger partial charge >= 0.3 is 5.97 Å². The predicted molar refractivity (Wildman–Crippen MR) is 33.3 cm³/mol. The van der Waals surface area contributed by atoms with Gasteiger partial charge in [-0.15, -0.1) is 0 Å². The molecule has 1 saturated heterocycles. The quantitative estimate of drug-likeness (QED) is 0.524. The fraction of sp³-hybridized carbons (Fsp3) is 0.667. The molecular weight excluding hydrogens is 134 g/mol. The normalized spacial score (nSPS) is 31.9. The van der Waals surface area contributed by atoms with Crippen molar-refractivity contribution < 1.29 is 14.7 Å². The van der Waals surface area contributed by atoms with Crippen molar-refractivity contribution >= 4 is 11.9 Å². The van der Waals surface area contributed by atoms with Crippen molar-refractivity contribution in [3.05, 3.63) is 0 Å². The lowest BCUT2D eigenvalue weighted by Gasteiger charge is -2.06. The van der Waals surface area contributed by atoms with E-state index in [9.17, 15) is 9.59 Å². The van der Waals surface area contributed by atoms with Crippen LogP contribution in [0.2, 0.25) is 0 Å². The number of hydrogen-bond acceptors (Lipinski definition) is 2. The van der Waals surface area contributed by atoms with E-state index in [4.69, 9.17) is 5.11 Å². The molecule has 0 radical (unpaired) electrons. The zero-order valence-corrected chi connectivity index (χ0v) is 5.63. The van der Waals surface area contributed by atoms with Crippen LogP contribution in [0.4, 0.5) is 0 Å². The first-order valence-electron chi connectivity index (χ1n) is 3.13. The minimum Gasteiger partial charge on any atom is -0.481 e. The summed E-state index contributed by atoms with van der Waals surface area (Å²) in [4.78, 5) is 21.0. The number of amides is 1. The van der Waals surface area contributed by atoms with Gasteiger partial charge in [-0.3, -0.25) is 9.59 Å².